The molecule has 0 saturated carbocycles. The number of nitrogens with zero attached hydrogens (tertiary/aromatic N) is 3. The van der Waals surface area contributed by atoms with E-state index in [4.69, 9.17) is 18.6 Å². The summed E-state index contributed by atoms with van der Waals surface area (Å²) in [7, 11) is 1.56. The highest BCUT2D eigenvalue weighted by Gasteiger charge is 2.18. The summed E-state index contributed by atoms with van der Waals surface area (Å²) in [5.41, 5.74) is 1.14. The molecule has 0 fully saturated rings. The van der Waals surface area contributed by atoms with Gasteiger partial charge in [0, 0.05) is 16.5 Å². The molecule has 4 heterocycles. The first kappa shape index (κ1) is 17.5. The second-order valence-electron chi connectivity index (χ2n) is 6.19. The van der Waals surface area contributed by atoms with E-state index in [2.05, 4.69) is 10.1 Å². The van der Waals surface area contributed by atoms with Crippen molar-refractivity contribution in [3.63, 3.8) is 0 Å². The van der Waals surface area contributed by atoms with Crippen molar-refractivity contribution in [3.05, 3.63) is 58.2 Å². The van der Waals surface area contributed by atoms with Gasteiger partial charge in [0.25, 0.3) is 5.56 Å². The average molecular weight is 409 g/mol. The summed E-state index contributed by atoms with van der Waals surface area (Å²) in [4.78, 5) is 18.0. The summed E-state index contributed by atoms with van der Waals surface area (Å²) in [6.45, 7) is 0.932. The topological polar surface area (TPSA) is 88.1 Å². The zero-order valence-corrected chi connectivity index (χ0v) is 16.1. The minimum atomic E-state index is -0.275. The minimum absolute atomic E-state index is 0.275. The van der Waals surface area contributed by atoms with Gasteiger partial charge in [-0.25, -0.2) is 4.98 Å². The third kappa shape index (κ3) is 3.05. The molecule has 0 unspecified atom stereocenters. The van der Waals surface area contributed by atoms with Gasteiger partial charge < -0.3 is 18.6 Å². The highest BCUT2D eigenvalue weighted by Crippen LogP contribution is 2.40. The molecule has 0 bridgehead atoms. The van der Waals surface area contributed by atoms with Crippen LogP contribution < -0.4 is 19.8 Å². The Morgan fingerprint density at radius 3 is 3.03 bits per heavy atom. The first-order valence-corrected chi connectivity index (χ1v) is 9.67. The van der Waals surface area contributed by atoms with Crippen LogP contribution in [0.15, 0.2) is 56.5 Å². The number of rotatable bonds is 4. The van der Waals surface area contributed by atoms with Gasteiger partial charge in [-0.3, -0.25) is 4.79 Å². The van der Waals surface area contributed by atoms with Gasteiger partial charge in [0.05, 0.1) is 25.0 Å². The molecular weight excluding hydrogens is 394 g/mol. The lowest BCUT2D eigenvalue weighted by atomic mass is 10.2. The van der Waals surface area contributed by atoms with Gasteiger partial charge in [0.1, 0.15) is 30.1 Å². The molecule has 0 amide bonds. The van der Waals surface area contributed by atoms with Crippen LogP contribution in [0.4, 0.5) is 0 Å². The maximum atomic E-state index is 13.0. The number of thiophene rings is 1. The van der Waals surface area contributed by atoms with Crippen molar-refractivity contribution in [1.29, 1.82) is 0 Å². The first-order chi connectivity index (χ1) is 14.2. The maximum absolute atomic E-state index is 13.0. The zero-order chi connectivity index (χ0) is 19.8. The summed E-state index contributed by atoms with van der Waals surface area (Å²) in [6, 6.07) is 7.15. The number of hydrogen-bond acceptors (Lipinski definition) is 8. The highest BCUT2D eigenvalue weighted by atomic mass is 32.1. The number of fused-ring (bicyclic) bond motifs is 2. The number of hydrogen-bond donors (Lipinski definition) is 0. The fourth-order valence-electron chi connectivity index (χ4n) is 3.12. The average Bonchev–Trinajstić information content (AvgIpc) is 3.42. The fraction of sp³-hybridized carbons (Fsp3) is 0.150. The Bertz CT molecular complexity index is 1260. The van der Waals surface area contributed by atoms with Crippen molar-refractivity contribution in [2.75, 3.05) is 20.3 Å². The van der Waals surface area contributed by atoms with Gasteiger partial charge in [-0.15, -0.1) is 11.3 Å². The van der Waals surface area contributed by atoms with Crippen LogP contribution in [0.1, 0.15) is 5.56 Å². The van der Waals surface area contributed by atoms with Gasteiger partial charge >= 0.3 is 0 Å². The van der Waals surface area contributed by atoms with E-state index in [0.29, 0.717) is 57.6 Å². The van der Waals surface area contributed by atoms with Gasteiger partial charge in [-0.1, -0.05) is 0 Å². The van der Waals surface area contributed by atoms with Gasteiger partial charge in [0.2, 0.25) is 5.75 Å². The Morgan fingerprint density at radius 2 is 2.21 bits per heavy atom. The van der Waals surface area contributed by atoms with Crippen LogP contribution in [0.2, 0.25) is 0 Å². The Balaban J connectivity index is 1.56. The van der Waals surface area contributed by atoms with Crippen LogP contribution in [-0.4, -0.2) is 36.2 Å². The van der Waals surface area contributed by atoms with E-state index in [-0.39, 0.29) is 5.56 Å². The monoisotopic (exact) mass is 409 g/mol. The largest absolute Gasteiger partial charge is 0.493 e. The second kappa shape index (κ2) is 7.10. The standard InChI is InChI=1S/C20H15N3O5S/c1-25-15-7-12(8-16-18(15)28-6-5-27-16)9-22-23-11-21-19-17(20(23)24)13(10-29-19)14-3-2-4-26-14/h2-4,7-11H,5-6H2,1H3/b22-9-. The van der Waals surface area contributed by atoms with Crippen LogP contribution in [0.25, 0.3) is 21.5 Å². The van der Waals surface area contributed by atoms with Crippen LogP contribution in [0.3, 0.4) is 0 Å². The van der Waals surface area contributed by atoms with E-state index < -0.39 is 0 Å². The number of benzene rings is 1. The van der Waals surface area contributed by atoms with E-state index in [1.165, 1.54) is 22.3 Å². The van der Waals surface area contributed by atoms with E-state index in [1.807, 2.05) is 11.4 Å². The molecule has 3 aromatic heterocycles. The Hall–Kier alpha value is -3.59. The normalized spacial score (nSPS) is 13.3. The van der Waals surface area contributed by atoms with Gasteiger partial charge in [-0.05, 0) is 24.3 Å². The predicted octanol–water partition coefficient (Wildman–Crippen LogP) is 3.38. The van der Waals surface area contributed by atoms with Crippen molar-refractivity contribution in [2.24, 2.45) is 5.10 Å². The van der Waals surface area contributed by atoms with Crippen molar-refractivity contribution in [3.8, 4) is 28.6 Å². The van der Waals surface area contributed by atoms with E-state index in [1.54, 1.807) is 37.8 Å². The van der Waals surface area contributed by atoms with E-state index >= 15 is 0 Å². The molecule has 29 heavy (non-hydrogen) atoms. The molecule has 4 aromatic rings. The smallest absolute Gasteiger partial charge is 0.283 e. The lowest BCUT2D eigenvalue weighted by Gasteiger charge is -2.20. The maximum Gasteiger partial charge on any atom is 0.283 e. The number of aromatic nitrogens is 2. The van der Waals surface area contributed by atoms with Crippen molar-refractivity contribution in [2.45, 2.75) is 0 Å². The first-order valence-electron chi connectivity index (χ1n) is 8.79. The predicted molar refractivity (Wildman–Crippen MR) is 109 cm³/mol. The molecule has 1 aliphatic heterocycles. The Labute approximate surface area is 168 Å². The summed E-state index contributed by atoms with van der Waals surface area (Å²) in [5.74, 6) is 2.31. The van der Waals surface area contributed by atoms with Gasteiger partial charge in [-0.2, -0.15) is 9.78 Å². The van der Waals surface area contributed by atoms with Crippen molar-refractivity contribution < 1.29 is 18.6 Å². The third-order valence-corrected chi connectivity index (χ3v) is 5.33. The molecule has 0 atom stereocenters. The number of methoxy groups -OCH3 is 1. The zero-order valence-electron chi connectivity index (χ0n) is 15.3. The molecule has 8 nitrogen and oxygen atoms in total. The lowest BCUT2D eigenvalue weighted by Crippen LogP contribution is -2.17. The summed E-state index contributed by atoms with van der Waals surface area (Å²) < 4.78 is 23.3. The molecule has 0 radical (unpaired) electrons. The molecule has 0 N–H and O–H groups in total. The summed E-state index contributed by atoms with van der Waals surface area (Å²) >= 11 is 1.39. The van der Waals surface area contributed by atoms with Crippen LogP contribution in [-0.2, 0) is 0 Å². The fourth-order valence-corrected chi connectivity index (χ4v) is 4.00. The molecule has 0 spiro atoms. The SMILES string of the molecule is COc1cc(/C=N\n2cnc3scc(-c4ccco4)c3c2=O)cc2c1OCCO2. The van der Waals surface area contributed by atoms with Crippen molar-refractivity contribution in [1.82, 2.24) is 9.66 Å². The molecule has 0 saturated heterocycles. The number of furan rings is 1. The third-order valence-electron chi connectivity index (χ3n) is 4.45. The molecule has 1 aliphatic rings. The molecule has 9 heteroatoms. The molecule has 0 aliphatic carbocycles. The van der Waals surface area contributed by atoms with E-state index in [9.17, 15) is 4.79 Å². The van der Waals surface area contributed by atoms with E-state index in [0.717, 1.165) is 0 Å². The van der Waals surface area contributed by atoms with Crippen LogP contribution >= 0.6 is 11.3 Å². The van der Waals surface area contributed by atoms with Crippen LogP contribution in [0.5, 0.6) is 17.2 Å². The lowest BCUT2D eigenvalue weighted by molar-refractivity contribution is 0.165. The van der Waals surface area contributed by atoms with Gasteiger partial charge in [0.15, 0.2) is 11.5 Å². The Morgan fingerprint density at radius 1 is 1.31 bits per heavy atom. The molecule has 146 valence electrons. The second-order valence-corrected chi connectivity index (χ2v) is 7.05. The quantitative estimate of drug-likeness (QED) is 0.480. The van der Waals surface area contributed by atoms with Crippen LogP contribution in [0, 0.1) is 0 Å². The Kier molecular flexibility index (Phi) is 4.28. The highest BCUT2D eigenvalue weighted by molar-refractivity contribution is 7.17. The summed E-state index contributed by atoms with van der Waals surface area (Å²) in [5, 5.41) is 6.63. The molecule has 1 aromatic carbocycles. The number of ether oxygens (including phenoxy) is 3. The molecular formula is C20H15N3O5S. The summed E-state index contributed by atoms with van der Waals surface area (Å²) in [6.07, 6.45) is 4.52. The van der Waals surface area contributed by atoms with Crippen molar-refractivity contribution >= 4 is 27.8 Å². The molecule has 5 rings (SSSR count). The minimum Gasteiger partial charge on any atom is -0.493 e.